The molecule has 1 aromatic carbocycles. The van der Waals surface area contributed by atoms with Crippen molar-refractivity contribution in [1.82, 2.24) is 0 Å². The summed E-state index contributed by atoms with van der Waals surface area (Å²) >= 11 is 0. The van der Waals surface area contributed by atoms with Crippen LogP contribution in [0.4, 0.5) is 4.39 Å². The number of hydrogen-bond donors (Lipinski definition) is 1. The minimum absolute atomic E-state index is 0.212. The summed E-state index contributed by atoms with van der Waals surface area (Å²) in [5.74, 6) is 0.515. The monoisotopic (exact) mass is 279 g/mol. The first-order valence-corrected chi connectivity index (χ1v) is 7.77. The van der Waals surface area contributed by atoms with Gasteiger partial charge in [-0.05, 0) is 31.7 Å². The number of nitrogens with two attached hydrogens (primary N) is 1. The molecule has 2 rings (SSSR count). The Hall–Kier alpha value is -0.930. The summed E-state index contributed by atoms with van der Waals surface area (Å²) in [7, 11) is 0. The Balaban J connectivity index is 2.08. The second-order valence-electron chi connectivity index (χ2n) is 6.00. The number of halogens is 1. The zero-order valence-corrected chi connectivity index (χ0v) is 12.5. The van der Waals surface area contributed by atoms with Crippen molar-refractivity contribution in [3.63, 3.8) is 0 Å². The highest BCUT2D eigenvalue weighted by atomic mass is 19.1. The maximum atomic E-state index is 14.0. The predicted octanol–water partition coefficient (Wildman–Crippen LogP) is 4.20. The fraction of sp³-hybridized carbons (Fsp3) is 0.647. The lowest BCUT2D eigenvalue weighted by atomic mass is 9.85. The molecular weight excluding hydrogens is 253 g/mol. The van der Waals surface area contributed by atoms with Gasteiger partial charge in [0.15, 0.2) is 0 Å². The van der Waals surface area contributed by atoms with Gasteiger partial charge in [-0.2, -0.15) is 0 Å². The van der Waals surface area contributed by atoms with Gasteiger partial charge in [-0.3, -0.25) is 0 Å². The summed E-state index contributed by atoms with van der Waals surface area (Å²) in [6, 6.07) is 6.58. The van der Waals surface area contributed by atoms with Crippen LogP contribution in [0.1, 0.15) is 57.6 Å². The molecule has 0 heterocycles. The van der Waals surface area contributed by atoms with Gasteiger partial charge in [-0.1, -0.05) is 44.4 Å². The molecule has 0 radical (unpaired) electrons. The second-order valence-corrected chi connectivity index (χ2v) is 6.00. The molecule has 3 heteroatoms. The van der Waals surface area contributed by atoms with Crippen LogP contribution in [0, 0.1) is 11.7 Å². The lowest BCUT2D eigenvalue weighted by Gasteiger charge is -2.33. The molecular formula is C17H26FNO. The number of ether oxygens (including phenoxy) is 1. The number of benzene rings is 1. The van der Waals surface area contributed by atoms with Gasteiger partial charge >= 0.3 is 0 Å². The Morgan fingerprint density at radius 2 is 2.10 bits per heavy atom. The zero-order valence-electron chi connectivity index (χ0n) is 12.5. The van der Waals surface area contributed by atoms with E-state index in [-0.39, 0.29) is 24.1 Å². The molecule has 0 bridgehead atoms. The van der Waals surface area contributed by atoms with Crippen LogP contribution in [-0.2, 0) is 4.74 Å². The highest BCUT2D eigenvalue weighted by molar-refractivity contribution is 5.21. The molecule has 20 heavy (non-hydrogen) atoms. The van der Waals surface area contributed by atoms with Gasteiger partial charge in [-0.25, -0.2) is 4.39 Å². The van der Waals surface area contributed by atoms with Crippen molar-refractivity contribution < 1.29 is 9.13 Å². The fourth-order valence-corrected chi connectivity index (χ4v) is 3.13. The zero-order chi connectivity index (χ0) is 14.5. The SMILES string of the molecule is CCC1CCCC(OC(c2ccccc2F)C(C)N)C1. The smallest absolute Gasteiger partial charge is 0.129 e. The Bertz CT molecular complexity index is 421. The van der Waals surface area contributed by atoms with E-state index in [1.807, 2.05) is 13.0 Å². The average Bonchev–Trinajstić information content (AvgIpc) is 2.45. The molecule has 1 saturated carbocycles. The molecule has 1 aliphatic carbocycles. The minimum atomic E-state index is -0.350. The molecule has 4 unspecified atom stereocenters. The lowest BCUT2D eigenvalue weighted by Crippen LogP contribution is -2.33. The molecule has 1 aromatic rings. The van der Waals surface area contributed by atoms with Crippen LogP contribution in [0.3, 0.4) is 0 Å². The van der Waals surface area contributed by atoms with Gasteiger partial charge in [0.25, 0.3) is 0 Å². The molecule has 0 saturated heterocycles. The van der Waals surface area contributed by atoms with Crippen molar-refractivity contribution in [2.24, 2.45) is 11.7 Å². The quantitative estimate of drug-likeness (QED) is 0.876. The van der Waals surface area contributed by atoms with Crippen LogP contribution in [-0.4, -0.2) is 12.1 Å². The maximum absolute atomic E-state index is 14.0. The van der Waals surface area contributed by atoms with Crippen molar-refractivity contribution in [1.29, 1.82) is 0 Å². The van der Waals surface area contributed by atoms with E-state index < -0.39 is 0 Å². The van der Waals surface area contributed by atoms with Gasteiger partial charge in [0.05, 0.1) is 6.10 Å². The van der Waals surface area contributed by atoms with Crippen molar-refractivity contribution in [2.75, 3.05) is 0 Å². The van der Waals surface area contributed by atoms with Crippen molar-refractivity contribution in [3.05, 3.63) is 35.6 Å². The van der Waals surface area contributed by atoms with Crippen LogP contribution in [0.25, 0.3) is 0 Å². The van der Waals surface area contributed by atoms with E-state index in [0.717, 1.165) is 18.8 Å². The summed E-state index contributed by atoms with van der Waals surface area (Å²) in [6.07, 6.45) is 5.69. The van der Waals surface area contributed by atoms with E-state index in [1.165, 1.54) is 25.3 Å². The predicted molar refractivity (Wildman–Crippen MR) is 79.9 cm³/mol. The molecule has 2 N–H and O–H groups in total. The third-order valence-corrected chi connectivity index (χ3v) is 4.34. The summed E-state index contributed by atoms with van der Waals surface area (Å²) in [5, 5.41) is 0. The molecule has 0 aromatic heterocycles. The van der Waals surface area contributed by atoms with Gasteiger partial charge < -0.3 is 10.5 Å². The van der Waals surface area contributed by atoms with E-state index >= 15 is 0 Å². The highest BCUT2D eigenvalue weighted by Gasteiger charge is 2.27. The van der Waals surface area contributed by atoms with E-state index in [1.54, 1.807) is 12.1 Å². The maximum Gasteiger partial charge on any atom is 0.129 e. The Morgan fingerprint density at radius 3 is 2.75 bits per heavy atom. The van der Waals surface area contributed by atoms with E-state index in [4.69, 9.17) is 10.5 Å². The first kappa shape index (κ1) is 15.5. The van der Waals surface area contributed by atoms with E-state index in [2.05, 4.69) is 6.92 Å². The minimum Gasteiger partial charge on any atom is -0.369 e. The molecule has 1 aliphatic rings. The molecule has 0 spiro atoms. The standard InChI is InChI=1S/C17H26FNO/c1-3-13-7-6-8-14(11-13)20-17(12(2)19)15-9-4-5-10-16(15)18/h4-5,9-10,12-14,17H,3,6-8,11,19H2,1-2H3. The van der Waals surface area contributed by atoms with Crippen LogP contribution < -0.4 is 5.73 Å². The fourth-order valence-electron chi connectivity index (χ4n) is 3.13. The van der Waals surface area contributed by atoms with Crippen LogP contribution >= 0.6 is 0 Å². The Morgan fingerprint density at radius 1 is 1.35 bits per heavy atom. The molecule has 0 aliphatic heterocycles. The summed E-state index contributed by atoms with van der Waals surface area (Å²) < 4.78 is 20.1. The average molecular weight is 279 g/mol. The van der Waals surface area contributed by atoms with Gasteiger partial charge in [-0.15, -0.1) is 0 Å². The third-order valence-electron chi connectivity index (χ3n) is 4.34. The van der Waals surface area contributed by atoms with Crippen LogP contribution in [0.5, 0.6) is 0 Å². The second kappa shape index (κ2) is 7.19. The third kappa shape index (κ3) is 3.80. The first-order chi connectivity index (χ1) is 9.61. The molecule has 1 fully saturated rings. The molecule has 112 valence electrons. The van der Waals surface area contributed by atoms with E-state index in [0.29, 0.717) is 5.56 Å². The van der Waals surface area contributed by atoms with Crippen molar-refractivity contribution in [2.45, 2.75) is 64.2 Å². The summed E-state index contributed by atoms with van der Waals surface area (Å²) in [6.45, 7) is 4.12. The Labute approximate surface area is 121 Å². The lowest BCUT2D eigenvalue weighted by molar-refractivity contribution is -0.0521. The van der Waals surface area contributed by atoms with E-state index in [9.17, 15) is 4.39 Å². The van der Waals surface area contributed by atoms with Gasteiger partial charge in [0, 0.05) is 11.6 Å². The summed E-state index contributed by atoms with van der Waals surface area (Å²) in [4.78, 5) is 0. The molecule has 2 nitrogen and oxygen atoms in total. The van der Waals surface area contributed by atoms with Crippen molar-refractivity contribution in [3.8, 4) is 0 Å². The number of hydrogen-bond acceptors (Lipinski definition) is 2. The molecule has 0 amide bonds. The van der Waals surface area contributed by atoms with Gasteiger partial charge in [0.1, 0.15) is 11.9 Å². The molecule has 4 atom stereocenters. The first-order valence-electron chi connectivity index (χ1n) is 7.77. The Kier molecular flexibility index (Phi) is 5.55. The normalized spacial score (nSPS) is 26.2. The topological polar surface area (TPSA) is 35.2 Å². The van der Waals surface area contributed by atoms with Crippen LogP contribution in [0.2, 0.25) is 0 Å². The van der Waals surface area contributed by atoms with Gasteiger partial charge in [0.2, 0.25) is 0 Å². The summed E-state index contributed by atoms with van der Waals surface area (Å²) in [5.41, 5.74) is 6.61. The number of rotatable bonds is 5. The van der Waals surface area contributed by atoms with Crippen LogP contribution in [0.15, 0.2) is 24.3 Å². The highest BCUT2D eigenvalue weighted by Crippen LogP contribution is 2.33. The largest absolute Gasteiger partial charge is 0.369 e. The van der Waals surface area contributed by atoms with Crippen molar-refractivity contribution >= 4 is 0 Å².